The van der Waals surface area contributed by atoms with Crippen LogP contribution in [0.15, 0.2) is 42.6 Å². The minimum atomic E-state index is -0.466. The van der Waals surface area contributed by atoms with E-state index in [0.717, 1.165) is 29.7 Å². The molecule has 144 valence electrons. The van der Waals surface area contributed by atoms with Crippen LogP contribution in [0.25, 0.3) is 0 Å². The van der Waals surface area contributed by atoms with Crippen LogP contribution >= 0.6 is 0 Å². The summed E-state index contributed by atoms with van der Waals surface area (Å²) >= 11 is 0. The van der Waals surface area contributed by atoms with Gasteiger partial charge in [-0.05, 0) is 64.2 Å². The Balaban J connectivity index is 1.68. The molecule has 0 bridgehead atoms. The van der Waals surface area contributed by atoms with Crippen molar-refractivity contribution < 1.29 is 14.3 Å². The third-order valence-electron chi connectivity index (χ3n) is 4.69. The molecule has 5 heteroatoms. The van der Waals surface area contributed by atoms with E-state index in [1.807, 2.05) is 58.0 Å². The first-order chi connectivity index (χ1) is 12.8. The van der Waals surface area contributed by atoms with Crippen molar-refractivity contribution in [1.29, 1.82) is 0 Å². The van der Waals surface area contributed by atoms with Gasteiger partial charge in [0.2, 0.25) is 5.88 Å². The molecule has 2 aromatic rings. The zero-order chi connectivity index (χ0) is 19.4. The normalized spacial score (nSPS) is 15.5. The van der Waals surface area contributed by atoms with E-state index in [4.69, 9.17) is 9.47 Å². The van der Waals surface area contributed by atoms with Crippen molar-refractivity contribution in [3.8, 4) is 11.6 Å². The fourth-order valence-corrected chi connectivity index (χ4v) is 3.27. The topological polar surface area (TPSA) is 51.7 Å². The highest BCUT2D eigenvalue weighted by molar-refractivity contribution is 5.68. The molecule has 1 aliphatic rings. The van der Waals surface area contributed by atoms with Gasteiger partial charge in [0.05, 0.1) is 0 Å². The van der Waals surface area contributed by atoms with E-state index < -0.39 is 5.60 Å². The van der Waals surface area contributed by atoms with Crippen molar-refractivity contribution in [2.24, 2.45) is 0 Å². The molecule has 1 saturated heterocycles. The van der Waals surface area contributed by atoms with Crippen LogP contribution in [-0.4, -0.2) is 34.7 Å². The molecule has 27 heavy (non-hydrogen) atoms. The van der Waals surface area contributed by atoms with Crippen molar-refractivity contribution in [3.63, 3.8) is 0 Å². The molecule has 1 amide bonds. The highest BCUT2D eigenvalue weighted by Crippen LogP contribution is 2.35. The van der Waals surface area contributed by atoms with Gasteiger partial charge in [-0.25, -0.2) is 9.78 Å². The Hall–Kier alpha value is -2.56. The second-order valence-corrected chi connectivity index (χ2v) is 8.01. The number of ether oxygens (including phenoxy) is 2. The van der Waals surface area contributed by atoms with E-state index in [-0.39, 0.29) is 6.09 Å². The summed E-state index contributed by atoms with van der Waals surface area (Å²) in [6, 6.07) is 12.0. The standard InChI is InChI=1S/C22H28N2O3/c1-16-8-5-6-10-19(16)26-20-18(9-7-13-23-20)17-11-14-24(15-12-17)21(25)27-22(2,3)4/h5-10,13,17H,11-12,14-15H2,1-4H3. The minimum absolute atomic E-state index is 0.233. The number of carbonyl (C=O) groups is 1. The molecular weight excluding hydrogens is 340 g/mol. The van der Waals surface area contributed by atoms with E-state index >= 15 is 0 Å². The number of carbonyl (C=O) groups excluding carboxylic acids is 1. The summed E-state index contributed by atoms with van der Waals surface area (Å²) in [5.74, 6) is 1.79. The largest absolute Gasteiger partial charge is 0.444 e. The number of amides is 1. The van der Waals surface area contributed by atoms with Gasteiger partial charge in [0, 0.05) is 24.8 Å². The lowest BCUT2D eigenvalue weighted by molar-refractivity contribution is 0.0204. The molecule has 5 nitrogen and oxygen atoms in total. The number of benzene rings is 1. The lowest BCUT2D eigenvalue weighted by atomic mass is 9.90. The van der Waals surface area contributed by atoms with Crippen LogP contribution in [0.1, 0.15) is 50.7 Å². The van der Waals surface area contributed by atoms with Gasteiger partial charge >= 0.3 is 6.09 Å². The van der Waals surface area contributed by atoms with Crippen LogP contribution in [0.5, 0.6) is 11.6 Å². The molecule has 0 saturated carbocycles. The lowest BCUT2D eigenvalue weighted by Crippen LogP contribution is -2.41. The van der Waals surface area contributed by atoms with E-state index in [9.17, 15) is 4.79 Å². The van der Waals surface area contributed by atoms with Crippen molar-refractivity contribution in [2.75, 3.05) is 13.1 Å². The van der Waals surface area contributed by atoms with E-state index in [0.29, 0.717) is 24.9 Å². The summed E-state index contributed by atoms with van der Waals surface area (Å²) in [5.41, 5.74) is 1.71. The van der Waals surface area contributed by atoms with Crippen LogP contribution < -0.4 is 4.74 Å². The quantitative estimate of drug-likeness (QED) is 0.738. The third-order valence-corrected chi connectivity index (χ3v) is 4.69. The summed E-state index contributed by atoms with van der Waals surface area (Å²) in [7, 11) is 0. The highest BCUT2D eigenvalue weighted by atomic mass is 16.6. The second-order valence-electron chi connectivity index (χ2n) is 8.01. The van der Waals surface area contributed by atoms with Gasteiger partial charge in [0.25, 0.3) is 0 Å². The molecule has 1 fully saturated rings. The van der Waals surface area contributed by atoms with E-state index in [1.165, 1.54) is 0 Å². The maximum absolute atomic E-state index is 12.3. The molecule has 0 spiro atoms. The Bertz CT molecular complexity index is 790. The lowest BCUT2D eigenvalue weighted by Gasteiger charge is -2.33. The number of hydrogen-bond acceptors (Lipinski definition) is 4. The number of piperidine rings is 1. The first-order valence-electron chi connectivity index (χ1n) is 9.50. The van der Waals surface area contributed by atoms with Crippen molar-refractivity contribution in [2.45, 2.75) is 52.1 Å². The Morgan fingerprint density at radius 3 is 2.48 bits per heavy atom. The Morgan fingerprint density at radius 2 is 1.81 bits per heavy atom. The predicted octanol–water partition coefficient (Wildman–Crippen LogP) is 5.30. The van der Waals surface area contributed by atoms with Gasteiger partial charge in [-0.15, -0.1) is 0 Å². The average Bonchev–Trinajstić information content (AvgIpc) is 2.63. The first kappa shape index (κ1) is 19.2. The molecule has 1 aromatic heterocycles. The number of aromatic nitrogens is 1. The molecule has 0 aliphatic carbocycles. The summed E-state index contributed by atoms with van der Waals surface area (Å²) in [4.78, 5) is 18.5. The number of rotatable bonds is 3. The monoisotopic (exact) mass is 368 g/mol. The van der Waals surface area contributed by atoms with Crippen LogP contribution in [0, 0.1) is 6.92 Å². The number of para-hydroxylation sites is 1. The second kappa shape index (κ2) is 7.99. The van der Waals surface area contributed by atoms with Crippen LogP contribution in [0.3, 0.4) is 0 Å². The van der Waals surface area contributed by atoms with Crippen molar-refractivity contribution in [1.82, 2.24) is 9.88 Å². The van der Waals surface area contributed by atoms with Gasteiger partial charge in [-0.2, -0.15) is 0 Å². The molecule has 1 aliphatic heterocycles. The Morgan fingerprint density at radius 1 is 1.11 bits per heavy atom. The average molecular weight is 368 g/mol. The molecule has 0 atom stereocenters. The molecule has 3 rings (SSSR count). The summed E-state index contributed by atoms with van der Waals surface area (Å²) in [6.07, 6.45) is 3.26. The fourth-order valence-electron chi connectivity index (χ4n) is 3.27. The Labute approximate surface area is 161 Å². The smallest absolute Gasteiger partial charge is 0.410 e. The van der Waals surface area contributed by atoms with Crippen LogP contribution in [0.4, 0.5) is 4.79 Å². The number of likely N-dealkylation sites (tertiary alicyclic amines) is 1. The van der Waals surface area contributed by atoms with Crippen LogP contribution in [0.2, 0.25) is 0 Å². The SMILES string of the molecule is Cc1ccccc1Oc1ncccc1C1CCN(C(=O)OC(C)(C)C)CC1. The number of aryl methyl sites for hydroxylation is 1. The van der Waals surface area contributed by atoms with Gasteiger partial charge < -0.3 is 14.4 Å². The minimum Gasteiger partial charge on any atom is -0.444 e. The zero-order valence-electron chi connectivity index (χ0n) is 16.6. The van der Waals surface area contributed by atoms with E-state index in [2.05, 4.69) is 11.1 Å². The molecule has 0 unspecified atom stereocenters. The summed E-state index contributed by atoms with van der Waals surface area (Å²) in [5, 5.41) is 0. The maximum Gasteiger partial charge on any atom is 0.410 e. The summed E-state index contributed by atoms with van der Waals surface area (Å²) in [6.45, 7) is 9.06. The van der Waals surface area contributed by atoms with Gasteiger partial charge in [0.15, 0.2) is 0 Å². The molecule has 0 radical (unpaired) electrons. The molecular formula is C22H28N2O3. The van der Waals surface area contributed by atoms with Crippen molar-refractivity contribution >= 4 is 6.09 Å². The molecule has 1 aromatic carbocycles. The van der Waals surface area contributed by atoms with Gasteiger partial charge in [-0.1, -0.05) is 24.3 Å². The maximum atomic E-state index is 12.3. The highest BCUT2D eigenvalue weighted by Gasteiger charge is 2.29. The molecule has 0 N–H and O–H groups in total. The van der Waals surface area contributed by atoms with Gasteiger partial charge in [-0.3, -0.25) is 0 Å². The van der Waals surface area contributed by atoms with Crippen molar-refractivity contribution in [3.05, 3.63) is 53.7 Å². The Kier molecular flexibility index (Phi) is 5.68. The first-order valence-corrected chi connectivity index (χ1v) is 9.50. The van der Waals surface area contributed by atoms with Gasteiger partial charge in [0.1, 0.15) is 11.4 Å². The molecule has 2 heterocycles. The fraction of sp³-hybridized carbons (Fsp3) is 0.455. The number of nitrogens with zero attached hydrogens (tertiary/aromatic N) is 2. The zero-order valence-corrected chi connectivity index (χ0v) is 16.6. The van der Waals surface area contributed by atoms with Crippen LogP contribution in [-0.2, 0) is 4.74 Å². The summed E-state index contributed by atoms with van der Waals surface area (Å²) < 4.78 is 11.6. The third kappa shape index (κ3) is 5.00. The van der Waals surface area contributed by atoms with E-state index in [1.54, 1.807) is 11.1 Å². The number of pyridine rings is 1. The number of hydrogen-bond donors (Lipinski definition) is 0. The predicted molar refractivity (Wildman–Crippen MR) is 105 cm³/mol.